The van der Waals surface area contributed by atoms with Gasteiger partial charge >= 0.3 is 0 Å². The molecule has 242 valence electrons. The Bertz CT molecular complexity index is 2320. The number of halogens is 1. The van der Waals surface area contributed by atoms with Crippen LogP contribution >= 0.6 is 11.6 Å². The van der Waals surface area contributed by atoms with Crippen molar-refractivity contribution in [3.63, 3.8) is 0 Å². The van der Waals surface area contributed by atoms with Crippen LogP contribution in [0.3, 0.4) is 0 Å². The van der Waals surface area contributed by atoms with E-state index in [-0.39, 0.29) is 10.8 Å². The Hall–Kier alpha value is -5.37. The summed E-state index contributed by atoms with van der Waals surface area (Å²) in [6, 6.07) is 57.2. The predicted octanol–water partition coefficient (Wildman–Crippen LogP) is 13.8. The van der Waals surface area contributed by atoms with Gasteiger partial charge in [-0.05, 0) is 110 Å². The fourth-order valence-electron chi connectivity index (χ4n) is 8.42. The lowest BCUT2D eigenvalue weighted by Gasteiger charge is -2.29. The van der Waals surface area contributed by atoms with Crippen LogP contribution in [0.1, 0.15) is 49.9 Å². The van der Waals surface area contributed by atoms with Crippen LogP contribution in [-0.4, -0.2) is 0 Å². The first kappa shape index (κ1) is 30.7. The van der Waals surface area contributed by atoms with Gasteiger partial charge in [0.2, 0.25) is 0 Å². The van der Waals surface area contributed by atoms with Crippen molar-refractivity contribution in [2.45, 2.75) is 38.5 Å². The van der Waals surface area contributed by atoms with E-state index in [1.54, 1.807) is 0 Å². The number of anilines is 3. The lowest BCUT2D eigenvalue weighted by molar-refractivity contribution is 0.652. The van der Waals surface area contributed by atoms with Crippen LogP contribution in [0.25, 0.3) is 44.5 Å². The Balaban J connectivity index is 1.19. The van der Waals surface area contributed by atoms with Crippen LogP contribution in [0.4, 0.5) is 17.1 Å². The van der Waals surface area contributed by atoms with Gasteiger partial charge < -0.3 is 4.90 Å². The summed E-state index contributed by atoms with van der Waals surface area (Å²) in [6.07, 6.45) is 0. The van der Waals surface area contributed by atoms with Crippen LogP contribution in [0, 0.1) is 0 Å². The Morgan fingerprint density at radius 3 is 1.42 bits per heavy atom. The number of nitrogens with zero attached hydrogens (tertiary/aromatic N) is 1. The second-order valence-electron chi connectivity index (χ2n) is 14.8. The lowest BCUT2D eigenvalue weighted by atomic mass is 9.79. The molecule has 2 aliphatic rings. The maximum absolute atomic E-state index is 7.44. The minimum Gasteiger partial charge on any atom is -0.310 e. The molecule has 0 aliphatic heterocycles. The zero-order valence-electron chi connectivity index (χ0n) is 28.8. The molecule has 0 bridgehead atoms. The minimum absolute atomic E-state index is 0.0745. The van der Waals surface area contributed by atoms with Crippen LogP contribution in [0.15, 0.2) is 158 Å². The maximum atomic E-state index is 7.44. The summed E-state index contributed by atoms with van der Waals surface area (Å²) < 4.78 is 0. The van der Waals surface area contributed by atoms with Crippen molar-refractivity contribution in [3.05, 3.63) is 185 Å². The van der Waals surface area contributed by atoms with Crippen molar-refractivity contribution in [2.24, 2.45) is 0 Å². The van der Waals surface area contributed by atoms with E-state index in [9.17, 15) is 0 Å². The van der Waals surface area contributed by atoms with Crippen LogP contribution in [0.2, 0.25) is 5.02 Å². The summed E-state index contributed by atoms with van der Waals surface area (Å²) >= 11 is 7.44. The molecule has 2 aliphatic carbocycles. The van der Waals surface area contributed by atoms with Gasteiger partial charge in [0.15, 0.2) is 0 Å². The topological polar surface area (TPSA) is 3.24 Å². The summed E-state index contributed by atoms with van der Waals surface area (Å²) in [5.41, 5.74) is 18.2. The van der Waals surface area contributed by atoms with E-state index in [1.807, 2.05) is 0 Å². The zero-order chi connectivity index (χ0) is 34.2. The van der Waals surface area contributed by atoms with Crippen LogP contribution in [0.5, 0.6) is 0 Å². The quantitative estimate of drug-likeness (QED) is 0.177. The van der Waals surface area contributed by atoms with E-state index >= 15 is 0 Å². The van der Waals surface area contributed by atoms with Gasteiger partial charge in [-0.3, -0.25) is 0 Å². The van der Waals surface area contributed by atoms with Gasteiger partial charge in [0, 0.05) is 33.5 Å². The van der Waals surface area contributed by atoms with E-state index in [1.165, 1.54) is 61.2 Å². The van der Waals surface area contributed by atoms with Gasteiger partial charge in [-0.25, -0.2) is 0 Å². The standard InChI is InChI=1S/C48H38ClN/c1-47(2)41-18-12-11-17-38(41)39-29-43-40(30-42(39)47)46-44(48(43,3)4)27-37(28-45(46)49)50(35-23-19-33(20-24-35)31-13-7-5-8-14-31)36-25-21-34(22-26-36)32-15-9-6-10-16-32/h5-30H,1-4H3. The average molecular weight is 664 g/mol. The molecule has 0 N–H and O–H groups in total. The van der Waals surface area contributed by atoms with Crippen molar-refractivity contribution in [3.8, 4) is 44.5 Å². The largest absolute Gasteiger partial charge is 0.310 e. The highest BCUT2D eigenvalue weighted by molar-refractivity contribution is 6.34. The summed E-state index contributed by atoms with van der Waals surface area (Å²) in [6.45, 7) is 9.40. The molecule has 7 aromatic rings. The highest BCUT2D eigenvalue weighted by atomic mass is 35.5. The fraction of sp³-hybridized carbons (Fsp3) is 0.125. The van der Waals surface area contributed by atoms with Crippen LogP contribution < -0.4 is 4.90 Å². The predicted molar refractivity (Wildman–Crippen MR) is 212 cm³/mol. The molecule has 7 aromatic carbocycles. The number of fused-ring (bicyclic) bond motifs is 6. The first-order chi connectivity index (χ1) is 24.2. The third-order valence-electron chi connectivity index (χ3n) is 11.1. The van der Waals surface area contributed by atoms with E-state index in [2.05, 4.69) is 190 Å². The average Bonchev–Trinajstić information content (AvgIpc) is 3.51. The van der Waals surface area contributed by atoms with Gasteiger partial charge in [-0.15, -0.1) is 0 Å². The zero-order valence-corrected chi connectivity index (χ0v) is 29.6. The minimum atomic E-state index is -0.235. The molecule has 0 atom stereocenters. The Kier molecular flexibility index (Phi) is 6.95. The van der Waals surface area contributed by atoms with Crippen LogP contribution in [-0.2, 0) is 10.8 Å². The van der Waals surface area contributed by atoms with Crippen molar-refractivity contribution >= 4 is 28.7 Å². The molecular weight excluding hydrogens is 626 g/mol. The second kappa shape index (κ2) is 11.3. The summed E-state index contributed by atoms with van der Waals surface area (Å²) in [5, 5.41) is 0.782. The molecule has 0 aromatic heterocycles. The van der Waals surface area contributed by atoms with Gasteiger partial charge in [-0.1, -0.05) is 148 Å². The molecule has 0 fully saturated rings. The van der Waals surface area contributed by atoms with Gasteiger partial charge in [0.25, 0.3) is 0 Å². The number of rotatable bonds is 5. The number of hydrogen-bond acceptors (Lipinski definition) is 1. The molecule has 50 heavy (non-hydrogen) atoms. The fourth-order valence-corrected chi connectivity index (χ4v) is 8.73. The molecule has 1 nitrogen and oxygen atoms in total. The molecule has 0 saturated carbocycles. The van der Waals surface area contributed by atoms with E-state index in [0.717, 1.165) is 27.6 Å². The van der Waals surface area contributed by atoms with Crippen molar-refractivity contribution in [2.75, 3.05) is 4.90 Å². The summed E-state index contributed by atoms with van der Waals surface area (Å²) in [4.78, 5) is 2.34. The van der Waals surface area contributed by atoms with Gasteiger partial charge in [0.05, 0.1) is 5.02 Å². The Labute approximate surface area is 300 Å². The number of benzene rings is 7. The monoisotopic (exact) mass is 663 g/mol. The Morgan fingerprint density at radius 2 is 0.840 bits per heavy atom. The van der Waals surface area contributed by atoms with Crippen molar-refractivity contribution in [1.82, 2.24) is 0 Å². The molecule has 2 heteroatoms. The number of hydrogen-bond donors (Lipinski definition) is 0. The van der Waals surface area contributed by atoms with Gasteiger partial charge in [-0.2, -0.15) is 0 Å². The molecule has 0 radical (unpaired) electrons. The first-order valence-corrected chi connectivity index (χ1v) is 17.8. The van der Waals surface area contributed by atoms with E-state index < -0.39 is 0 Å². The molecule has 0 heterocycles. The molecule has 9 rings (SSSR count). The SMILES string of the molecule is CC1(C)c2ccccc2-c2cc3c(cc21)-c1c(Cl)cc(N(c2ccc(-c4ccccc4)cc2)c2ccc(-c4ccccc4)cc2)cc1C3(C)C. The first-order valence-electron chi connectivity index (χ1n) is 17.5. The third kappa shape index (κ3) is 4.68. The van der Waals surface area contributed by atoms with Crippen molar-refractivity contribution in [1.29, 1.82) is 0 Å². The molecular formula is C48H38ClN. The molecule has 0 unspecified atom stereocenters. The third-order valence-corrected chi connectivity index (χ3v) is 11.4. The summed E-state index contributed by atoms with van der Waals surface area (Å²) in [7, 11) is 0. The van der Waals surface area contributed by atoms with Gasteiger partial charge in [0.1, 0.15) is 0 Å². The highest BCUT2D eigenvalue weighted by Gasteiger charge is 2.42. The summed E-state index contributed by atoms with van der Waals surface area (Å²) in [5.74, 6) is 0. The molecule has 0 saturated heterocycles. The normalized spacial score (nSPS) is 14.4. The van der Waals surface area contributed by atoms with Crippen molar-refractivity contribution < 1.29 is 0 Å². The molecule has 0 amide bonds. The Morgan fingerprint density at radius 1 is 0.380 bits per heavy atom. The lowest BCUT2D eigenvalue weighted by Crippen LogP contribution is -2.17. The maximum Gasteiger partial charge on any atom is 0.0508 e. The van der Waals surface area contributed by atoms with E-state index in [0.29, 0.717) is 0 Å². The molecule has 0 spiro atoms. The smallest absolute Gasteiger partial charge is 0.0508 e. The highest BCUT2D eigenvalue weighted by Crippen LogP contribution is 2.58. The second-order valence-corrected chi connectivity index (χ2v) is 15.2. The van der Waals surface area contributed by atoms with E-state index in [4.69, 9.17) is 11.6 Å².